The maximum Gasteiger partial charge on any atom is 0.490 e. The van der Waals surface area contributed by atoms with Crippen LogP contribution in [0.2, 0.25) is 0 Å². The van der Waals surface area contributed by atoms with E-state index >= 15 is 0 Å². The number of benzene rings is 1. The molecule has 1 rings (SSSR count). The van der Waals surface area contributed by atoms with Gasteiger partial charge in [-0.3, -0.25) is 4.79 Å². The van der Waals surface area contributed by atoms with Gasteiger partial charge in [0.25, 0.3) is 0 Å². The zero-order valence-corrected chi connectivity index (χ0v) is 7.47. The van der Waals surface area contributed by atoms with E-state index < -0.39 is 13.0 Å². The number of amides is 1. The highest BCUT2D eigenvalue weighted by Gasteiger charge is 2.14. The molecular weight excluding hydrogens is 183 g/mol. The van der Waals surface area contributed by atoms with Crippen molar-refractivity contribution in [2.24, 2.45) is 5.73 Å². The van der Waals surface area contributed by atoms with Crippen molar-refractivity contribution in [1.82, 2.24) is 0 Å². The van der Waals surface area contributed by atoms with Crippen molar-refractivity contribution in [3.8, 4) is 0 Å². The van der Waals surface area contributed by atoms with E-state index in [-0.39, 0.29) is 6.54 Å². The molecule has 0 saturated heterocycles. The van der Waals surface area contributed by atoms with Crippen LogP contribution in [0.1, 0.15) is 0 Å². The summed E-state index contributed by atoms with van der Waals surface area (Å²) >= 11 is 0. The molecule has 5 nitrogen and oxygen atoms in total. The van der Waals surface area contributed by atoms with Gasteiger partial charge in [0.1, 0.15) is 0 Å². The van der Waals surface area contributed by atoms with Gasteiger partial charge in [0.05, 0.1) is 6.54 Å². The van der Waals surface area contributed by atoms with Gasteiger partial charge in [-0.25, -0.2) is 0 Å². The van der Waals surface area contributed by atoms with E-state index in [1.54, 1.807) is 24.3 Å². The molecule has 0 atom stereocenters. The average Bonchev–Trinajstić information content (AvgIpc) is 2.15. The maximum atomic E-state index is 10.5. The van der Waals surface area contributed by atoms with E-state index in [2.05, 4.69) is 5.32 Å². The fraction of sp³-hybridized carbons (Fsp3) is 0.125. The number of hydrogen-bond acceptors (Lipinski definition) is 4. The molecule has 0 bridgehead atoms. The lowest BCUT2D eigenvalue weighted by molar-refractivity contribution is -0.116. The van der Waals surface area contributed by atoms with Crippen molar-refractivity contribution >= 4 is 24.2 Å². The van der Waals surface area contributed by atoms with Crippen LogP contribution in [0.25, 0.3) is 0 Å². The van der Waals surface area contributed by atoms with Crippen LogP contribution in [0, 0.1) is 0 Å². The third kappa shape index (κ3) is 2.76. The van der Waals surface area contributed by atoms with E-state index in [1.165, 1.54) is 0 Å². The van der Waals surface area contributed by atoms with Crippen LogP contribution in [0.5, 0.6) is 0 Å². The van der Waals surface area contributed by atoms with Crippen molar-refractivity contribution in [2.45, 2.75) is 0 Å². The highest BCUT2D eigenvalue weighted by atomic mass is 16.4. The van der Waals surface area contributed by atoms with Crippen LogP contribution in [-0.4, -0.2) is 29.6 Å². The summed E-state index contributed by atoms with van der Waals surface area (Å²) in [5.74, 6) is -0.507. The molecule has 6 heteroatoms. The predicted molar refractivity (Wildman–Crippen MR) is 54.0 cm³/mol. The predicted octanol–water partition coefficient (Wildman–Crippen LogP) is -1.74. The summed E-state index contributed by atoms with van der Waals surface area (Å²) in [6.07, 6.45) is 0. The summed E-state index contributed by atoms with van der Waals surface area (Å²) in [4.78, 5) is 10.5. The summed E-state index contributed by atoms with van der Waals surface area (Å²) in [6, 6.07) is 6.57. The van der Waals surface area contributed by atoms with Gasteiger partial charge >= 0.3 is 7.12 Å². The first-order valence-electron chi connectivity index (χ1n) is 4.08. The van der Waals surface area contributed by atoms with Crippen molar-refractivity contribution in [3.63, 3.8) is 0 Å². The number of anilines is 1. The number of rotatable bonds is 4. The Hall–Kier alpha value is -1.53. The molecule has 1 aromatic carbocycles. The van der Waals surface area contributed by atoms with Crippen molar-refractivity contribution in [2.75, 3.05) is 11.9 Å². The molecule has 74 valence electrons. The third-order valence-electron chi connectivity index (χ3n) is 1.69. The van der Waals surface area contributed by atoms with Gasteiger partial charge in [0, 0.05) is 11.2 Å². The largest absolute Gasteiger partial charge is 0.490 e. The van der Waals surface area contributed by atoms with Crippen molar-refractivity contribution < 1.29 is 14.8 Å². The van der Waals surface area contributed by atoms with Crippen LogP contribution in [-0.2, 0) is 4.79 Å². The number of nitrogens with two attached hydrogens (primary N) is 1. The molecule has 0 radical (unpaired) electrons. The zero-order valence-electron chi connectivity index (χ0n) is 7.47. The molecule has 0 heterocycles. The van der Waals surface area contributed by atoms with Gasteiger partial charge in [0.15, 0.2) is 0 Å². The number of carbonyl (C=O) groups excluding carboxylic acids is 1. The molecule has 0 saturated carbocycles. The molecule has 0 aliphatic heterocycles. The molecule has 0 aliphatic rings. The van der Waals surface area contributed by atoms with E-state index in [0.29, 0.717) is 11.2 Å². The van der Waals surface area contributed by atoms with Crippen LogP contribution in [0.15, 0.2) is 24.3 Å². The number of nitrogens with one attached hydrogen (secondary N) is 1. The first kappa shape index (κ1) is 10.6. The Kier molecular flexibility index (Phi) is 3.50. The van der Waals surface area contributed by atoms with Gasteiger partial charge in [-0.1, -0.05) is 18.2 Å². The Labute approximate surface area is 81.7 Å². The second-order valence-corrected chi connectivity index (χ2v) is 2.78. The van der Waals surface area contributed by atoms with Gasteiger partial charge in [0.2, 0.25) is 5.91 Å². The second-order valence-electron chi connectivity index (χ2n) is 2.78. The molecule has 1 amide bonds. The SMILES string of the molecule is NC(=O)CNc1ccccc1B(O)O. The third-order valence-corrected chi connectivity index (χ3v) is 1.69. The first-order chi connectivity index (χ1) is 6.61. The maximum absolute atomic E-state index is 10.5. The summed E-state index contributed by atoms with van der Waals surface area (Å²) in [6.45, 7) is -0.0380. The Balaban J connectivity index is 2.79. The minimum absolute atomic E-state index is 0.0380. The van der Waals surface area contributed by atoms with Crippen LogP contribution in [0.3, 0.4) is 0 Å². The van der Waals surface area contributed by atoms with E-state index in [0.717, 1.165) is 0 Å². The fourth-order valence-electron chi connectivity index (χ4n) is 1.07. The minimum Gasteiger partial charge on any atom is -0.423 e. The number of carbonyl (C=O) groups is 1. The lowest BCUT2D eigenvalue weighted by Crippen LogP contribution is -2.34. The lowest BCUT2D eigenvalue weighted by atomic mass is 9.79. The summed E-state index contributed by atoms with van der Waals surface area (Å²) < 4.78 is 0. The molecular formula is C8H11BN2O3. The number of para-hydroxylation sites is 1. The molecule has 0 spiro atoms. The van der Waals surface area contributed by atoms with Gasteiger partial charge in [-0.05, 0) is 6.07 Å². The normalized spacial score (nSPS) is 9.57. The smallest absolute Gasteiger partial charge is 0.423 e. The zero-order chi connectivity index (χ0) is 10.6. The highest BCUT2D eigenvalue weighted by molar-refractivity contribution is 6.60. The second kappa shape index (κ2) is 4.64. The first-order valence-corrected chi connectivity index (χ1v) is 4.08. The average molecular weight is 194 g/mol. The lowest BCUT2D eigenvalue weighted by Gasteiger charge is -2.09. The molecule has 5 N–H and O–H groups in total. The van der Waals surface area contributed by atoms with E-state index in [9.17, 15) is 4.79 Å². The van der Waals surface area contributed by atoms with Crippen LogP contribution in [0.4, 0.5) is 5.69 Å². The minimum atomic E-state index is -1.56. The molecule has 0 unspecified atom stereocenters. The van der Waals surface area contributed by atoms with E-state index in [4.69, 9.17) is 15.8 Å². The van der Waals surface area contributed by atoms with Crippen molar-refractivity contribution in [1.29, 1.82) is 0 Å². The Morgan fingerprint density at radius 1 is 1.43 bits per heavy atom. The summed E-state index contributed by atoms with van der Waals surface area (Å²) in [7, 11) is -1.56. The monoisotopic (exact) mass is 194 g/mol. The number of hydrogen-bond donors (Lipinski definition) is 4. The molecule has 1 aromatic rings. The molecule has 14 heavy (non-hydrogen) atoms. The number of primary amides is 1. The fourth-order valence-corrected chi connectivity index (χ4v) is 1.07. The highest BCUT2D eigenvalue weighted by Crippen LogP contribution is 2.02. The van der Waals surface area contributed by atoms with Crippen molar-refractivity contribution in [3.05, 3.63) is 24.3 Å². The molecule has 0 fully saturated rings. The molecule has 0 aliphatic carbocycles. The quantitative estimate of drug-likeness (QED) is 0.428. The summed E-state index contributed by atoms with van der Waals surface area (Å²) in [5.41, 5.74) is 5.74. The van der Waals surface area contributed by atoms with Crippen LogP contribution >= 0.6 is 0 Å². The Bertz CT molecular complexity index is 330. The Morgan fingerprint density at radius 2 is 2.07 bits per heavy atom. The standard InChI is InChI=1S/C8H11BN2O3/c10-8(12)5-11-7-4-2-1-3-6(7)9(13)14/h1-4,11,13-14H,5H2,(H2,10,12). The topological polar surface area (TPSA) is 95.6 Å². The summed E-state index contributed by atoms with van der Waals surface area (Å²) in [5, 5.41) is 20.6. The van der Waals surface area contributed by atoms with Gasteiger partial charge < -0.3 is 21.1 Å². The van der Waals surface area contributed by atoms with E-state index in [1.807, 2.05) is 0 Å². The van der Waals surface area contributed by atoms with Gasteiger partial charge in [-0.15, -0.1) is 0 Å². The van der Waals surface area contributed by atoms with Gasteiger partial charge in [-0.2, -0.15) is 0 Å². The Morgan fingerprint density at radius 3 is 2.64 bits per heavy atom. The van der Waals surface area contributed by atoms with Crippen LogP contribution < -0.4 is 16.5 Å². The molecule has 0 aromatic heterocycles.